The van der Waals surface area contributed by atoms with Gasteiger partial charge in [-0.25, -0.2) is 0 Å². The second-order valence-electron chi connectivity index (χ2n) is 5.65. The first-order valence-electron chi connectivity index (χ1n) is 8.01. The maximum atomic E-state index is 9.82. The highest BCUT2D eigenvalue weighted by atomic mass is 16.3. The van der Waals surface area contributed by atoms with Crippen LogP contribution in [0.5, 0.6) is 0 Å². The van der Waals surface area contributed by atoms with Gasteiger partial charge in [-0.1, -0.05) is 71.6 Å². The van der Waals surface area contributed by atoms with E-state index in [4.69, 9.17) is 5.11 Å². The average Bonchev–Trinajstić information content (AvgIpc) is 2.39. The summed E-state index contributed by atoms with van der Waals surface area (Å²) in [5.41, 5.74) is 0. The van der Waals surface area contributed by atoms with Gasteiger partial charge in [0.1, 0.15) is 0 Å². The lowest BCUT2D eigenvalue weighted by Crippen LogP contribution is -2.16. The number of hydrogen-bond acceptors (Lipinski definition) is 2. The highest BCUT2D eigenvalue weighted by molar-refractivity contribution is 4.62. The Morgan fingerprint density at radius 1 is 0.778 bits per heavy atom. The minimum Gasteiger partial charge on any atom is -0.396 e. The van der Waals surface area contributed by atoms with Crippen molar-refractivity contribution in [3.63, 3.8) is 0 Å². The molecule has 0 saturated carbocycles. The van der Waals surface area contributed by atoms with Gasteiger partial charge in [0, 0.05) is 6.61 Å². The molecular formula is C16H34O2. The third kappa shape index (κ3) is 11.0. The van der Waals surface area contributed by atoms with Crippen molar-refractivity contribution in [2.75, 3.05) is 6.61 Å². The number of aliphatic hydroxyl groups excluding tert-OH is 2. The van der Waals surface area contributed by atoms with Gasteiger partial charge in [0.05, 0.1) is 6.10 Å². The molecule has 0 spiro atoms. The molecule has 110 valence electrons. The number of aliphatic hydroxyl groups is 2. The molecule has 0 bridgehead atoms. The zero-order chi connectivity index (χ0) is 13.6. The van der Waals surface area contributed by atoms with E-state index in [2.05, 4.69) is 13.8 Å². The molecule has 18 heavy (non-hydrogen) atoms. The largest absolute Gasteiger partial charge is 0.396 e. The van der Waals surface area contributed by atoms with E-state index >= 15 is 0 Å². The Kier molecular flexibility index (Phi) is 13.3. The lowest BCUT2D eigenvalue weighted by Gasteiger charge is -2.16. The maximum Gasteiger partial charge on any atom is 0.0565 e. The fourth-order valence-corrected chi connectivity index (χ4v) is 2.26. The highest BCUT2D eigenvalue weighted by Crippen LogP contribution is 2.16. The maximum absolute atomic E-state index is 9.82. The van der Waals surface area contributed by atoms with E-state index in [1.54, 1.807) is 0 Å². The Balaban J connectivity index is 3.11. The van der Waals surface area contributed by atoms with Gasteiger partial charge in [0.2, 0.25) is 0 Å². The summed E-state index contributed by atoms with van der Waals surface area (Å²) in [6.07, 6.45) is 13.1. The quantitative estimate of drug-likeness (QED) is 0.484. The predicted octanol–water partition coefficient (Wildman–Crippen LogP) is 4.29. The summed E-state index contributed by atoms with van der Waals surface area (Å²) in [5.74, 6) is 0.455. The molecule has 2 nitrogen and oxygen atoms in total. The molecule has 0 aliphatic heterocycles. The van der Waals surface area contributed by atoms with Crippen LogP contribution in [0.25, 0.3) is 0 Å². The van der Waals surface area contributed by atoms with Crippen molar-refractivity contribution in [2.24, 2.45) is 5.92 Å². The smallest absolute Gasteiger partial charge is 0.0565 e. The Labute approximate surface area is 114 Å². The molecule has 0 rings (SSSR count). The van der Waals surface area contributed by atoms with Gasteiger partial charge < -0.3 is 10.2 Å². The third-order valence-corrected chi connectivity index (χ3v) is 3.96. The lowest BCUT2D eigenvalue weighted by molar-refractivity contribution is 0.102. The monoisotopic (exact) mass is 258 g/mol. The number of hydrogen-bond donors (Lipinski definition) is 2. The lowest BCUT2D eigenvalue weighted by atomic mass is 9.96. The van der Waals surface area contributed by atoms with Crippen LogP contribution in [-0.4, -0.2) is 22.9 Å². The van der Waals surface area contributed by atoms with Crippen molar-refractivity contribution >= 4 is 0 Å². The molecule has 0 aromatic rings. The normalized spacial score (nSPS) is 14.7. The second-order valence-corrected chi connectivity index (χ2v) is 5.65. The van der Waals surface area contributed by atoms with Crippen molar-refractivity contribution in [3.05, 3.63) is 0 Å². The van der Waals surface area contributed by atoms with Crippen LogP contribution >= 0.6 is 0 Å². The average molecular weight is 258 g/mol. The van der Waals surface area contributed by atoms with Gasteiger partial charge in [-0.3, -0.25) is 0 Å². The summed E-state index contributed by atoms with van der Waals surface area (Å²) in [5, 5.41) is 18.5. The summed E-state index contributed by atoms with van der Waals surface area (Å²) < 4.78 is 0. The second kappa shape index (κ2) is 13.4. The van der Waals surface area contributed by atoms with Crippen LogP contribution in [0.1, 0.15) is 84.5 Å². The Hall–Kier alpha value is -0.0800. The van der Waals surface area contributed by atoms with Crippen LogP contribution in [-0.2, 0) is 0 Å². The summed E-state index contributed by atoms with van der Waals surface area (Å²) in [4.78, 5) is 0. The van der Waals surface area contributed by atoms with Gasteiger partial charge in [0.15, 0.2) is 0 Å². The van der Waals surface area contributed by atoms with E-state index < -0.39 is 0 Å². The molecule has 0 heterocycles. The molecule has 0 aromatic carbocycles. The van der Waals surface area contributed by atoms with E-state index in [0.29, 0.717) is 12.5 Å². The fraction of sp³-hybridized carbons (Fsp3) is 1.00. The molecule has 0 fully saturated rings. The van der Waals surface area contributed by atoms with Crippen LogP contribution < -0.4 is 0 Å². The van der Waals surface area contributed by atoms with E-state index in [0.717, 1.165) is 19.3 Å². The van der Waals surface area contributed by atoms with Gasteiger partial charge in [-0.05, 0) is 18.8 Å². The molecule has 2 heteroatoms. The molecule has 0 aromatic heterocycles. The van der Waals surface area contributed by atoms with Gasteiger partial charge >= 0.3 is 0 Å². The molecular weight excluding hydrogens is 224 g/mol. The Morgan fingerprint density at radius 2 is 1.22 bits per heavy atom. The van der Waals surface area contributed by atoms with Crippen LogP contribution in [0, 0.1) is 5.92 Å². The van der Waals surface area contributed by atoms with Crippen molar-refractivity contribution in [3.8, 4) is 0 Å². The van der Waals surface area contributed by atoms with Crippen LogP contribution in [0.4, 0.5) is 0 Å². The van der Waals surface area contributed by atoms with Gasteiger partial charge in [-0.2, -0.15) is 0 Å². The standard InChI is InChI=1S/C16H34O2/c1-3-15(2)16(18)13-11-9-7-5-4-6-8-10-12-14-17/h15-18H,3-14H2,1-2H3. The zero-order valence-corrected chi connectivity index (χ0v) is 12.5. The van der Waals surface area contributed by atoms with Crippen molar-refractivity contribution in [2.45, 2.75) is 90.6 Å². The third-order valence-electron chi connectivity index (χ3n) is 3.96. The summed E-state index contributed by atoms with van der Waals surface area (Å²) in [6, 6.07) is 0. The van der Waals surface area contributed by atoms with Crippen LogP contribution in [0.15, 0.2) is 0 Å². The topological polar surface area (TPSA) is 40.5 Å². The summed E-state index contributed by atoms with van der Waals surface area (Å²) in [6.45, 7) is 4.63. The molecule has 2 unspecified atom stereocenters. The summed E-state index contributed by atoms with van der Waals surface area (Å²) >= 11 is 0. The van der Waals surface area contributed by atoms with E-state index in [-0.39, 0.29) is 6.10 Å². The number of unbranched alkanes of at least 4 members (excludes halogenated alkanes) is 8. The summed E-state index contributed by atoms with van der Waals surface area (Å²) in [7, 11) is 0. The van der Waals surface area contributed by atoms with E-state index in [9.17, 15) is 5.11 Å². The van der Waals surface area contributed by atoms with Crippen molar-refractivity contribution in [1.29, 1.82) is 0 Å². The van der Waals surface area contributed by atoms with E-state index in [1.165, 1.54) is 51.4 Å². The Morgan fingerprint density at radius 3 is 1.67 bits per heavy atom. The van der Waals surface area contributed by atoms with Crippen LogP contribution in [0.3, 0.4) is 0 Å². The first-order chi connectivity index (χ1) is 8.72. The fourth-order valence-electron chi connectivity index (χ4n) is 2.26. The minimum absolute atomic E-state index is 0.0894. The molecule has 0 amide bonds. The zero-order valence-electron chi connectivity index (χ0n) is 12.5. The first-order valence-corrected chi connectivity index (χ1v) is 8.01. The predicted molar refractivity (Wildman–Crippen MR) is 78.7 cm³/mol. The van der Waals surface area contributed by atoms with Gasteiger partial charge in [-0.15, -0.1) is 0 Å². The molecule has 0 saturated heterocycles. The molecule has 2 N–H and O–H groups in total. The van der Waals surface area contributed by atoms with Crippen LogP contribution in [0.2, 0.25) is 0 Å². The highest BCUT2D eigenvalue weighted by Gasteiger charge is 2.10. The molecule has 0 radical (unpaired) electrons. The molecule has 2 atom stereocenters. The van der Waals surface area contributed by atoms with Crippen molar-refractivity contribution in [1.82, 2.24) is 0 Å². The SMILES string of the molecule is CCC(C)C(O)CCCCCCCCCCCO. The molecule has 0 aliphatic rings. The number of rotatable bonds is 13. The Bertz CT molecular complexity index is 159. The van der Waals surface area contributed by atoms with Gasteiger partial charge in [0.25, 0.3) is 0 Å². The van der Waals surface area contributed by atoms with E-state index in [1.807, 2.05) is 0 Å². The first kappa shape index (κ1) is 17.9. The molecule has 0 aliphatic carbocycles. The van der Waals surface area contributed by atoms with Crippen molar-refractivity contribution < 1.29 is 10.2 Å². The minimum atomic E-state index is -0.0894.